The number of nitrogens with zero attached hydrogens (tertiary/aromatic N) is 3. The summed E-state index contributed by atoms with van der Waals surface area (Å²) >= 11 is 0. The first-order chi connectivity index (χ1) is 12.8. The normalized spacial score (nSPS) is 15.8. The number of imidazole rings is 1. The van der Waals surface area contributed by atoms with Crippen molar-refractivity contribution in [2.45, 2.75) is 18.9 Å². The van der Waals surface area contributed by atoms with E-state index in [1.807, 2.05) is 42.5 Å². The predicted molar refractivity (Wildman–Crippen MR) is 98.2 cm³/mol. The minimum atomic E-state index is -0.137. The quantitative estimate of drug-likeness (QED) is 0.742. The van der Waals surface area contributed by atoms with E-state index in [9.17, 15) is 4.79 Å². The van der Waals surface area contributed by atoms with Crippen LogP contribution in [-0.2, 0) is 0 Å². The molecule has 0 unspecified atom stereocenters. The van der Waals surface area contributed by atoms with E-state index in [1.165, 1.54) is 12.8 Å². The lowest BCUT2D eigenvalue weighted by Crippen LogP contribution is -2.37. The van der Waals surface area contributed by atoms with Gasteiger partial charge in [0.15, 0.2) is 0 Å². The van der Waals surface area contributed by atoms with Crippen LogP contribution in [0.25, 0.3) is 5.69 Å². The van der Waals surface area contributed by atoms with Gasteiger partial charge in [-0.2, -0.15) is 0 Å². The highest BCUT2D eigenvalue weighted by molar-refractivity contribution is 5.93. The van der Waals surface area contributed by atoms with E-state index in [2.05, 4.69) is 15.2 Å². The molecule has 6 nitrogen and oxygen atoms in total. The van der Waals surface area contributed by atoms with Crippen LogP contribution in [0.4, 0.5) is 0 Å². The maximum atomic E-state index is 12.8. The van der Waals surface area contributed by atoms with Crippen LogP contribution >= 0.6 is 0 Å². The van der Waals surface area contributed by atoms with Crippen LogP contribution in [-0.4, -0.2) is 40.0 Å². The molecule has 134 valence electrons. The van der Waals surface area contributed by atoms with Crippen molar-refractivity contribution in [1.29, 1.82) is 0 Å². The molecule has 1 aliphatic heterocycles. The lowest BCUT2D eigenvalue weighted by atomic mass is 10.2. The molecule has 26 heavy (non-hydrogen) atoms. The average Bonchev–Trinajstić information content (AvgIpc) is 3.44. The number of carbonyl (C=O) groups excluding carboxylic acids is 1. The molecule has 0 aliphatic carbocycles. The van der Waals surface area contributed by atoms with E-state index in [0.29, 0.717) is 12.2 Å². The smallest absolute Gasteiger partial charge is 0.269 e. The second-order valence-corrected chi connectivity index (χ2v) is 6.47. The number of amides is 1. The molecule has 3 heterocycles. The van der Waals surface area contributed by atoms with Crippen LogP contribution in [0.5, 0.6) is 0 Å². The Labute approximate surface area is 152 Å². The second kappa shape index (κ2) is 7.58. The maximum absolute atomic E-state index is 12.8. The van der Waals surface area contributed by atoms with Crippen molar-refractivity contribution in [1.82, 2.24) is 19.8 Å². The van der Waals surface area contributed by atoms with Crippen LogP contribution < -0.4 is 5.32 Å². The molecule has 0 saturated carbocycles. The third-order valence-corrected chi connectivity index (χ3v) is 4.81. The summed E-state index contributed by atoms with van der Waals surface area (Å²) in [6.45, 7) is 2.57. The number of furan rings is 1. The fraction of sp³-hybridized carbons (Fsp3) is 0.300. The third kappa shape index (κ3) is 3.41. The van der Waals surface area contributed by atoms with Crippen molar-refractivity contribution in [2.24, 2.45) is 0 Å². The fourth-order valence-corrected chi connectivity index (χ4v) is 3.48. The lowest BCUT2D eigenvalue weighted by Gasteiger charge is -2.26. The Morgan fingerprint density at radius 2 is 1.96 bits per heavy atom. The monoisotopic (exact) mass is 350 g/mol. The molecule has 1 amide bonds. The molecule has 0 spiro atoms. The number of nitrogens with one attached hydrogen (secondary N) is 1. The Kier molecular flexibility index (Phi) is 4.84. The second-order valence-electron chi connectivity index (χ2n) is 6.47. The van der Waals surface area contributed by atoms with Crippen LogP contribution in [0.1, 0.15) is 35.1 Å². The van der Waals surface area contributed by atoms with Crippen LogP contribution in [0.3, 0.4) is 0 Å². The van der Waals surface area contributed by atoms with Crippen molar-refractivity contribution in [3.05, 3.63) is 72.7 Å². The number of hydrogen-bond donors (Lipinski definition) is 1. The van der Waals surface area contributed by atoms with Gasteiger partial charge in [-0.25, -0.2) is 4.98 Å². The van der Waals surface area contributed by atoms with E-state index in [0.717, 1.165) is 24.5 Å². The molecule has 0 bridgehead atoms. The highest BCUT2D eigenvalue weighted by Gasteiger charge is 2.26. The lowest BCUT2D eigenvalue weighted by molar-refractivity contribution is 0.0927. The molecule has 3 aromatic rings. The summed E-state index contributed by atoms with van der Waals surface area (Å²) in [7, 11) is 0. The Hall–Kier alpha value is -2.86. The summed E-state index contributed by atoms with van der Waals surface area (Å²) < 4.78 is 7.41. The number of aromatic nitrogens is 2. The molecule has 4 rings (SSSR count). The van der Waals surface area contributed by atoms with Gasteiger partial charge in [-0.15, -0.1) is 0 Å². The molecule has 1 aliphatic rings. The first kappa shape index (κ1) is 16.6. The Balaban J connectivity index is 1.49. The number of likely N-dealkylation sites (tertiary alicyclic amines) is 1. The molecular formula is C20H22N4O2. The summed E-state index contributed by atoms with van der Waals surface area (Å²) in [6.07, 6.45) is 7.32. The topological polar surface area (TPSA) is 63.3 Å². The number of rotatable bonds is 6. The van der Waals surface area contributed by atoms with Gasteiger partial charge in [0.2, 0.25) is 0 Å². The molecule has 1 aromatic carbocycles. The van der Waals surface area contributed by atoms with E-state index in [1.54, 1.807) is 23.4 Å². The predicted octanol–water partition coefficient (Wildman–Crippen LogP) is 3.03. The number of para-hydroxylation sites is 1. The van der Waals surface area contributed by atoms with Crippen molar-refractivity contribution in [3.8, 4) is 5.69 Å². The van der Waals surface area contributed by atoms with E-state index in [-0.39, 0.29) is 11.9 Å². The van der Waals surface area contributed by atoms with Gasteiger partial charge < -0.3 is 9.73 Å². The van der Waals surface area contributed by atoms with E-state index >= 15 is 0 Å². The highest BCUT2D eigenvalue weighted by Crippen LogP contribution is 2.25. The number of carbonyl (C=O) groups is 1. The zero-order valence-corrected chi connectivity index (χ0v) is 14.5. The Morgan fingerprint density at radius 1 is 1.15 bits per heavy atom. The summed E-state index contributed by atoms with van der Waals surface area (Å²) in [5.74, 6) is 0.755. The van der Waals surface area contributed by atoms with Crippen LogP contribution in [0.2, 0.25) is 0 Å². The van der Waals surface area contributed by atoms with Gasteiger partial charge in [0.25, 0.3) is 5.91 Å². The molecule has 2 aromatic heterocycles. The largest absolute Gasteiger partial charge is 0.468 e. The molecule has 1 N–H and O–H groups in total. The van der Waals surface area contributed by atoms with Crippen LogP contribution in [0, 0.1) is 0 Å². The Bertz CT molecular complexity index is 836. The molecular weight excluding hydrogens is 328 g/mol. The van der Waals surface area contributed by atoms with Gasteiger partial charge in [-0.3, -0.25) is 14.3 Å². The van der Waals surface area contributed by atoms with Gasteiger partial charge >= 0.3 is 0 Å². The number of benzene rings is 1. The molecule has 1 saturated heterocycles. The molecule has 1 fully saturated rings. The maximum Gasteiger partial charge on any atom is 0.269 e. The summed E-state index contributed by atoms with van der Waals surface area (Å²) in [4.78, 5) is 19.3. The number of hydrogen-bond acceptors (Lipinski definition) is 4. The van der Waals surface area contributed by atoms with Gasteiger partial charge in [-0.1, -0.05) is 18.2 Å². The van der Waals surface area contributed by atoms with Gasteiger partial charge in [-0.05, 0) is 50.2 Å². The third-order valence-electron chi connectivity index (χ3n) is 4.81. The Morgan fingerprint density at radius 3 is 2.69 bits per heavy atom. The molecule has 1 atom stereocenters. The van der Waals surface area contributed by atoms with E-state index < -0.39 is 0 Å². The van der Waals surface area contributed by atoms with Crippen molar-refractivity contribution in [2.75, 3.05) is 19.6 Å². The average molecular weight is 350 g/mol. The van der Waals surface area contributed by atoms with E-state index in [4.69, 9.17) is 4.42 Å². The molecule has 0 radical (unpaired) electrons. The molecule has 6 heteroatoms. The zero-order valence-electron chi connectivity index (χ0n) is 14.5. The minimum Gasteiger partial charge on any atom is -0.468 e. The first-order valence-electron chi connectivity index (χ1n) is 8.96. The van der Waals surface area contributed by atoms with Gasteiger partial charge in [0.05, 0.1) is 24.8 Å². The van der Waals surface area contributed by atoms with Gasteiger partial charge in [0.1, 0.15) is 11.5 Å². The SMILES string of the molecule is O=C(NC[C@H](c1ccco1)N1CCCC1)c1cncn1-c1ccccc1. The summed E-state index contributed by atoms with van der Waals surface area (Å²) in [5.41, 5.74) is 1.44. The van der Waals surface area contributed by atoms with Crippen LogP contribution in [0.15, 0.2) is 65.7 Å². The minimum absolute atomic E-state index is 0.0598. The van der Waals surface area contributed by atoms with Crippen molar-refractivity contribution < 1.29 is 9.21 Å². The fourth-order valence-electron chi connectivity index (χ4n) is 3.48. The van der Waals surface area contributed by atoms with Crippen molar-refractivity contribution in [3.63, 3.8) is 0 Å². The first-order valence-corrected chi connectivity index (χ1v) is 8.96. The highest BCUT2D eigenvalue weighted by atomic mass is 16.3. The summed E-state index contributed by atoms with van der Waals surface area (Å²) in [5, 5.41) is 3.06. The van der Waals surface area contributed by atoms with Crippen molar-refractivity contribution >= 4 is 5.91 Å². The zero-order chi connectivity index (χ0) is 17.8. The standard InChI is InChI=1S/C20H22N4O2/c25-20(18-13-21-15-24(18)16-7-2-1-3-8-16)22-14-17(19-9-6-12-26-19)23-10-4-5-11-23/h1-3,6-9,12-13,15,17H,4-5,10-11,14H2,(H,22,25)/t17-/m1/s1. The summed E-state index contributed by atoms with van der Waals surface area (Å²) in [6, 6.07) is 13.7. The van der Waals surface area contributed by atoms with Gasteiger partial charge in [0, 0.05) is 12.2 Å².